The van der Waals surface area contributed by atoms with Crippen molar-refractivity contribution in [3.8, 4) is 0 Å². The van der Waals surface area contributed by atoms with Crippen molar-refractivity contribution < 1.29 is 18.7 Å². The molecule has 1 aromatic rings. The molecule has 1 amide bonds. The molecule has 6 nitrogen and oxygen atoms in total. The fourth-order valence-electron chi connectivity index (χ4n) is 1.82. The van der Waals surface area contributed by atoms with Crippen molar-refractivity contribution in [2.24, 2.45) is 0 Å². The number of nitrogens with zero attached hydrogens (tertiary/aromatic N) is 1. The van der Waals surface area contributed by atoms with Crippen LogP contribution in [0, 0.1) is 6.92 Å². The van der Waals surface area contributed by atoms with E-state index in [9.17, 15) is 4.79 Å². The monoisotopic (exact) mass is 312 g/mol. The van der Waals surface area contributed by atoms with Gasteiger partial charge in [0, 0.05) is 25.5 Å². The maximum atomic E-state index is 11.5. The summed E-state index contributed by atoms with van der Waals surface area (Å²) in [5, 5.41) is 2.82. The Balaban J connectivity index is 2.25. The molecule has 0 unspecified atom stereocenters. The minimum Gasteiger partial charge on any atom is -0.445 e. The van der Waals surface area contributed by atoms with Gasteiger partial charge >= 0.3 is 0 Å². The Morgan fingerprint density at radius 1 is 1.32 bits per heavy atom. The summed E-state index contributed by atoms with van der Waals surface area (Å²) in [5.74, 6) is 1.55. The van der Waals surface area contributed by atoms with Crippen molar-refractivity contribution in [1.29, 1.82) is 0 Å². The van der Waals surface area contributed by atoms with Crippen LogP contribution < -0.4 is 5.32 Å². The van der Waals surface area contributed by atoms with Gasteiger partial charge < -0.3 is 19.2 Å². The van der Waals surface area contributed by atoms with Gasteiger partial charge in [-0.15, -0.1) is 0 Å². The van der Waals surface area contributed by atoms with E-state index in [0.717, 1.165) is 30.2 Å². The highest BCUT2D eigenvalue weighted by Crippen LogP contribution is 2.24. The van der Waals surface area contributed by atoms with E-state index in [4.69, 9.17) is 13.9 Å². The van der Waals surface area contributed by atoms with E-state index in [1.54, 1.807) is 7.11 Å². The van der Waals surface area contributed by atoms with E-state index in [-0.39, 0.29) is 17.9 Å². The number of amides is 1. The van der Waals surface area contributed by atoms with Gasteiger partial charge in [-0.25, -0.2) is 4.98 Å². The first-order valence-corrected chi connectivity index (χ1v) is 7.64. The van der Waals surface area contributed by atoms with Gasteiger partial charge in [0.15, 0.2) is 5.89 Å². The first kappa shape index (κ1) is 18.6. The van der Waals surface area contributed by atoms with Gasteiger partial charge in [0.05, 0.1) is 18.9 Å². The number of hydrogen-bond acceptors (Lipinski definition) is 5. The third-order valence-corrected chi connectivity index (χ3v) is 3.10. The zero-order valence-corrected chi connectivity index (χ0v) is 14.3. The molecule has 22 heavy (non-hydrogen) atoms. The summed E-state index contributed by atoms with van der Waals surface area (Å²) in [4.78, 5) is 16.0. The molecular formula is C16H28N2O4. The van der Waals surface area contributed by atoms with Crippen molar-refractivity contribution in [1.82, 2.24) is 10.3 Å². The van der Waals surface area contributed by atoms with E-state index in [1.165, 1.54) is 0 Å². The Bertz CT molecular complexity index is 463. The molecule has 0 fully saturated rings. The number of aryl methyl sites for hydroxylation is 2. The zero-order valence-electron chi connectivity index (χ0n) is 14.3. The highest BCUT2D eigenvalue weighted by atomic mass is 16.5. The van der Waals surface area contributed by atoms with E-state index < -0.39 is 0 Å². The topological polar surface area (TPSA) is 73.6 Å². The van der Waals surface area contributed by atoms with E-state index in [2.05, 4.69) is 31.1 Å². The molecule has 0 radical (unpaired) electrons. The number of nitrogens with one attached hydrogen (secondary N) is 1. The van der Waals surface area contributed by atoms with Crippen molar-refractivity contribution in [2.75, 3.05) is 33.5 Å². The molecule has 1 rings (SSSR count). The molecule has 0 aromatic carbocycles. The average Bonchev–Trinajstić information content (AvgIpc) is 2.81. The summed E-state index contributed by atoms with van der Waals surface area (Å²) in [6.45, 7) is 9.76. The van der Waals surface area contributed by atoms with Crippen LogP contribution in [0.15, 0.2) is 4.42 Å². The van der Waals surface area contributed by atoms with Crippen LogP contribution in [0.3, 0.4) is 0 Å². The van der Waals surface area contributed by atoms with Crippen LogP contribution in [0.4, 0.5) is 0 Å². The van der Waals surface area contributed by atoms with Crippen molar-refractivity contribution >= 4 is 5.91 Å². The number of aromatic nitrogens is 1. The largest absolute Gasteiger partial charge is 0.445 e. The normalized spacial score (nSPS) is 11.7. The highest BCUT2D eigenvalue weighted by Gasteiger charge is 2.21. The Morgan fingerprint density at radius 3 is 2.64 bits per heavy atom. The molecule has 126 valence electrons. The molecule has 0 bridgehead atoms. The van der Waals surface area contributed by atoms with Crippen LogP contribution in [0.2, 0.25) is 0 Å². The number of hydrogen-bond donors (Lipinski definition) is 1. The molecule has 0 atom stereocenters. The smallest absolute Gasteiger partial charge is 0.245 e. The van der Waals surface area contributed by atoms with E-state index >= 15 is 0 Å². The lowest BCUT2D eigenvalue weighted by Gasteiger charge is -2.12. The second-order valence-corrected chi connectivity index (χ2v) is 6.28. The Morgan fingerprint density at radius 2 is 2.05 bits per heavy atom. The van der Waals surface area contributed by atoms with Gasteiger partial charge in [-0.1, -0.05) is 20.8 Å². The standard InChI is InChI=1S/C16H28N2O4/c1-12-13(22-15(18-12)16(2,3)4)7-6-8-17-14(19)11-21-10-9-20-5/h6-11H2,1-5H3,(H,17,19). The van der Waals surface area contributed by atoms with Gasteiger partial charge in [-0.2, -0.15) is 0 Å². The Hall–Kier alpha value is -1.40. The molecule has 6 heteroatoms. The predicted molar refractivity (Wildman–Crippen MR) is 84.0 cm³/mol. The quantitative estimate of drug-likeness (QED) is 0.706. The average molecular weight is 312 g/mol. The lowest BCUT2D eigenvalue weighted by atomic mass is 9.97. The van der Waals surface area contributed by atoms with Crippen LogP contribution in [-0.4, -0.2) is 44.4 Å². The number of methoxy groups -OCH3 is 1. The second kappa shape index (κ2) is 8.90. The molecule has 1 N–H and O–H groups in total. The molecule has 0 saturated heterocycles. The number of rotatable bonds is 9. The third kappa shape index (κ3) is 6.58. The van der Waals surface area contributed by atoms with Crippen molar-refractivity contribution in [3.05, 3.63) is 17.3 Å². The van der Waals surface area contributed by atoms with Crippen LogP contribution in [0.25, 0.3) is 0 Å². The molecular weight excluding hydrogens is 284 g/mol. The summed E-state index contributed by atoms with van der Waals surface area (Å²) >= 11 is 0. The molecule has 1 heterocycles. The van der Waals surface area contributed by atoms with Crippen LogP contribution >= 0.6 is 0 Å². The fraction of sp³-hybridized carbons (Fsp3) is 0.750. The second-order valence-electron chi connectivity index (χ2n) is 6.28. The van der Waals surface area contributed by atoms with Gasteiger partial charge in [0.1, 0.15) is 12.4 Å². The van der Waals surface area contributed by atoms with Gasteiger partial charge in [-0.3, -0.25) is 4.79 Å². The Labute approximate surface area is 132 Å². The van der Waals surface area contributed by atoms with E-state index in [0.29, 0.717) is 19.8 Å². The number of ether oxygens (including phenoxy) is 2. The Kier molecular flexibility index (Phi) is 7.55. The minimum atomic E-state index is -0.110. The summed E-state index contributed by atoms with van der Waals surface area (Å²) in [7, 11) is 1.60. The van der Waals surface area contributed by atoms with Gasteiger partial charge in [0.2, 0.25) is 5.91 Å². The van der Waals surface area contributed by atoms with Gasteiger partial charge in [0.25, 0.3) is 0 Å². The van der Waals surface area contributed by atoms with Gasteiger partial charge in [-0.05, 0) is 13.3 Å². The molecule has 0 aliphatic rings. The number of oxazole rings is 1. The summed E-state index contributed by atoms with van der Waals surface area (Å²) in [5.41, 5.74) is 0.843. The molecule has 0 aliphatic carbocycles. The minimum absolute atomic E-state index is 0.0683. The maximum Gasteiger partial charge on any atom is 0.245 e. The maximum absolute atomic E-state index is 11.5. The summed E-state index contributed by atoms with van der Waals surface area (Å²) in [6, 6.07) is 0. The molecule has 0 aliphatic heterocycles. The third-order valence-electron chi connectivity index (χ3n) is 3.10. The first-order chi connectivity index (χ1) is 10.3. The van der Waals surface area contributed by atoms with Crippen molar-refractivity contribution in [3.63, 3.8) is 0 Å². The summed E-state index contributed by atoms with van der Waals surface area (Å²) < 4.78 is 15.8. The van der Waals surface area contributed by atoms with Crippen molar-refractivity contribution in [2.45, 2.75) is 46.0 Å². The molecule has 0 saturated carbocycles. The molecule has 0 spiro atoms. The number of carbonyl (C=O) groups excluding carboxylic acids is 1. The first-order valence-electron chi connectivity index (χ1n) is 7.64. The molecule has 1 aromatic heterocycles. The zero-order chi connectivity index (χ0) is 16.6. The fourth-order valence-corrected chi connectivity index (χ4v) is 1.82. The number of carbonyl (C=O) groups is 1. The highest BCUT2D eigenvalue weighted by molar-refractivity contribution is 5.77. The summed E-state index contributed by atoms with van der Waals surface area (Å²) in [6.07, 6.45) is 1.57. The van der Waals surface area contributed by atoms with Crippen LogP contribution in [0.5, 0.6) is 0 Å². The van der Waals surface area contributed by atoms with E-state index in [1.807, 2.05) is 6.92 Å². The SMILES string of the molecule is COCCOCC(=O)NCCCc1oc(C(C)(C)C)nc1C. The lowest BCUT2D eigenvalue weighted by Crippen LogP contribution is -2.29. The predicted octanol–water partition coefficient (Wildman–Crippen LogP) is 1.99. The van der Waals surface area contributed by atoms with Crippen LogP contribution in [-0.2, 0) is 26.1 Å². The lowest BCUT2D eigenvalue weighted by molar-refractivity contribution is -0.126. The van der Waals surface area contributed by atoms with Crippen LogP contribution in [0.1, 0.15) is 44.5 Å².